The number of methoxy groups -OCH3 is 2. The van der Waals surface area contributed by atoms with Gasteiger partial charge in [0, 0.05) is 17.8 Å². The largest absolute Gasteiger partial charge is 0.497 e. The summed E-state index contributed by atoms with van der Waals surface area (Å²) < 4.78 is 10.5. The Morgan fingerprint density at radius 2 is 2.05 bits per heavy atom. The summed E-state index contributed by atoms with van der Waals surface area (Å²) in [5.41, 5.74) is 1.46. The second kappa shape index (κ2) is 5.69. The molecule has 6 nitrogen and oxygen atoms in total. The molecule has 0 unspecified atom stereocenters. The molecular weight excluding hydrogens is 244 g/mol. The van der Waals surface area contributed by atoms with E-state index in [1.165, 1.54) is 0 Å². The molecule has 2 rings (SSSR count). The van der Waals surface area contributed by atoms with E-state index < -0.39 is 0 Å². The minimum atomic E-state index is 0.248. The fraction of sp³-hybridized carbons (Fsp3) is 0.154. The van der Waals surface area contributed by atoms with Crippen molar-refractivity contribution in [3.05, 3.63) is 30.5 Å². The van der Waals surface area contributed by atoms with Crippen molar-refractivity contribution in [2.75, 3.05) is 19.5 Å². The molecule has 0 saturated carbocycles. The molecule has 19 heavy (non-hydrogen) atoms. The Bertz CT molecular complexity index is 622. The topological polar surface area (TPSA) is 80.1 Å². The highest BCUT2D eigenvalue weighted by Crippen LogP contribution is 2.32. The van der Waals surface area contributed by atoms with Gasteiger partial charge >= 0.3 is 0 Å². The Balaban J connectivity index is 2.46. The third-order valence-corrected chi connectivity index (χ3v) is 2.51. The molecule has 0 aliphatic carbocycles. The number of rotatable bonds is 4. The smallest absolute Gasteiger partial charge is 0.236 e. The van der Waals surface area contributed by atoms with Crippen LogP contribution in [0.2, 0.25) is 0 Å². The summed E-state index contributed by atoms with van der Waals surface area (Å²) in [5.74, 6) is 1.59. The van der Waals surface area contributed by atoms with Crippen LogP contribution < -0.4 is 14.8 Å². The Hall–Kier alpha value is -2.81. The summed E-state index contributed by atoms with van der Waals surface area (Å²) in [4.78, 5) is 8.16. The van der Waals surface area contributed by atoms with Gasteiger partial charge in [-0.15, -0.1) is 0 Å². The fourth-order valence-electron chi connectivity index (χ4n) is 1.63. The summed E-state index contributed by atoms with van der Waals surface area (Å²) in [6, 6.07) is 7.18. The van der Waals surface area contributed by atoms with Gasteiger partial charge in [0.15, 0.2) is 6.19 Å². The second-order valence-corrected chi connectivity index (χ2v) is 3.57. The van der Waals surface area contributed by atoms with Crippen LogP contribution in [0.3, 0.4) is 0 Å². The number of ether oxygens (including phenoxy) is 2. The molecule has 6 heteroatoms. The van der Waals surface area contributed by atoms with Gasteiger partial charge in [0.05, 0.1) is 19.9 Å². The number of anilines is 1. The Morgan fingerprint density at radius 3 is 2.74 bits per heavy atom. The minimum Gasteiger partial charge on any atom is -0.497 e. The highest BCUT2D eigenvalue weighted by molar-refractivity contribution is 5.69. The van der Waals surface area contributed by atoms with Gasteiger partial charge in [-0.3, -0.25) is 5.32 Å². The lowest BCUT2D eigenvalue weighted by Gasteiger charge is -2.10. The average Bonchev–Trinajstić information content (AvgIpc) is 2.47. The van der Waals surface area contributed by atoms with E-state index >= 15 is 0 Å². The molecule has 0 spiro atoms. The zero-order chi connectivity index (χ0) is 13.7. The fourth-order valence-corrected chi connectivity index (χ4v) is 1.63. The van der Waals surface area contributed by atoms with Gasteiger partial charge < -0.3 is 9.47 Å². The first-order chi connectivity index (χ1) is 9.28. The first-order valence-electron chi connectivity index (χ1n) is 5.49. The van der Waals surface area contributed by atoms with Crippen LogP contribution in [0.15, 0.2) is 30.5 Å². The lowest BCUT2D eigenvalue weighted by atomic mass is 10.1. The quantitative estimate of drug-likeness (QED) is 0.666. The second-order valence-electron chi connectivity index (χ2n) is 3.57. The van der Waals surface area contributed by atoms with Gasteiger partial charge in [0.2, 0.25) is 5.95 Å². The first kappa shape index (κ1) is 12.6. The van der Waals surface area contributed by atoms with Gasteiger partial charge in [0.1, 0.15) is 11.5 Å². The number of benzene rings is 1. The number of nitrogens with one attached hydrogen (secondary N) is 1. The SMILES string of the molecule is COc1ccc(-c2ccnc(NC#N)n2)c(OC)c1. The molecule has 0 aliphatic rings. The highest BCUT2D eigenvalue weighted by atomic mass is 16.5. The molecule has 1 aromatic heterocycles. The van der Waals surface area contributed by atoms with Crippen LogP contribution in [0.1, 0.15) is 0 Å². The molecular formula is C13H12N4O2. The van der Waals surface area contributed by atoms with E-state index in [2.05, 4.69) is 15.3 Å². The van der Waals surface area contributed by atoms with E-state index in [1.807, 2.05) is 12.1 Å². The van der Waals surface area contributed by atoms with Crippen molar-refractivity contribution in [1.82, 2.24) is 9.97 Å². The van der Waals surface area contributed by atoms with Crippen molar-refractivity contribution < 1.29 is 9.47 Å². The van der Waals surface area contributed by atoms with Crippen molar-refractivity contribution in [2.45, 2.75) is 0 Å². The van der Waals surface area contributed by atoms with Crippen molar-refractivity contribution >= 4 is 5.95 Å². The van der Waals surface area contributed by atoms with Gasteiger partial charge in [-0.25, -0.2) is 9.97 Å². The Kier molecular flexibility index (Phi) is 3.78. The highest BCUT2D eigenvalue weighted by Gasteiger charge is 2.09. The zero-order valence-electron chi connectivity index (χ0n) is 10.5. The maximum absolute atomic E-state index is 8.57. The number of aromatic nitrogens is 2. The number of nitriles is 1. The summed E-state index contributed by atoms with van der Waals surface area (Å²) in [7, 11) is 3.17. The minimum absolute atomic E-state index is 0.248. The first-order valence-corrected chi connectivity index (χ1v) is 5.49. The predicted molar refractivity (Wildman–Crippen MR) is 69.8 cm³/mol. The van der Waals surface area contributed by atoms with E-state index in [1.54, 1.807) is 38.7 Å². The van der Waals surface area contributed by atoms with Gasteiger partial charge in [-0.2, -0.15) is 5.26 Å². The molecule has 0 radical (unpaired) electrons. The molecule has 2 aromatic rings. The standard InChI is InChI=1S/C13H12N4O2/c1-18-9-3-4-10(12(7-9)19-2)11-5-6-15-13(17-11)16-8-14/h3-7H,1-2H3,(H,15,16,17). The Morgan fingerprint density at radius 1 is 1.21 bits per heavy atom. The lowest BCUT2D eigenvalue weighted by Crippen LogP contribution is -1.97. The molecule has 0 saturated heterocycles. The lowest BCUT2D eigenvalue weighted by molar-refractivity contribution is 0.395. The summed E-state index contributed by atoms with van der Waals surface area (Å²) in [6.07, 6.45) is 3.36. The van der Waals surface area contributed by atoms with Crippen molar-refractivity contribution in [2.24, 2.45) is 0 Å². The molecule has 1 heterocycles. The molecule has 0 amide bonds. The number of hydrogen-bond acceptors (Lipinski definition) is 6. The van der Waals surface area contributed by atoms with E-state index in [9.17, 15) is 0 Å². The third kappa shape index (κ3) is 2.72. The number of hydrogen-bond donors (Lipinski definition) is 1. The van der Waals surface area contributed by atoms with Gasteiger partial charge in [-0.1, -0.05) is 0 Å². The van der Waals surface area contributed by atoms with E-state index in [0.717, 1.165) is 5.56 Å². The van der Waals surface area contributed by atoms with Crippen LogP contribution in [-0.2, 0) is 0 Å². The van der Waals surface area contributed by atoms with Gasteiger partial charge in [-0.05, 0) is 18.2 Å². The molecule has 0 bridgehead atoms. The maximum atomic E-state index is 8.57. The summed E-state index contributed by atoms with van der Waals surface area (Å²) in [6.45, 7) is 0. The normalized spacial score (nSPS) is 9.53. The van der Waals surface area contributed by atoms with E-state index in [0.29, 0.717) is 17.2 Å². The van der Waals surface area contributed by atoms with Crippen LogP contribution in [-0.4, -0.2) is 24.2 Å². The van der Waals surface area contributed by atoms with E-state index in [4.69, 9.17) is 14.7 Å². The van der Waals surface area contributed by atoms with Crippen molar-refractivity contribution in [3.63, 3.8) is 0 Å². The Labute approximate surface area is 110 Å². The monoisotopic (exact) mass is 256 g/mol. The molecule has 1 aromatic carbocycles. The third-order valence-electron chi connectivity index (χ3n) is 2.51. The average molecular weight is 256 g/mol. The van der Waals surface area contributed by atoms with Crippen LogP contribution in [0.25, 0.3) is 11.3 Å². The summed E-state index contributed by atoms with van der Waals surface area (Å²) >= 11 is 0. The summed E-state index contributed by atoms with van der Waals surface area (Å²) in [5, 5.41) is 11.0. The molecule has 1 N–H and O–H groups in total. The molecule has 0 fully saturated rings. The van der Waals surface area contributed by atoms with Crippen LogP contribution in [0.5, 0.6) is 11.5 Å². The van der Waals surface area contributed by atoms with Crippen molar-refractivity contribution in [3.8, 4) is 28.9 Å². The zero-order valence-corrected chi connectivity index (χ0v) is 10.5. The number of nitrogens with zero attached hydrogens (tertiary/aromatic N) is 3. The van der Waals surface area contributed by atoms with E-state index in [-0.39, 0.29) is 5.95 Å². The van der Waals surface area contributed by atoms with Crippen LogP contribution in [0.4, 0.5) is 5.95 Å². The van der Waals surface area contributed by atoms with Crippen LogP contribution in [0, 0.1) is 11.5 Å². The molecule has 0 aliphatic heterocycles. The van der Waals surface area contributed by atoms with Gasteiger partial charge in [0.25, 0.3) is 0 Å². The maximum Gasteiger partial charge on any atom is 0.236 e. The molecule has 0 atom stereocenters. The van der Waals surface area contributed by atoms with Crippen molar-refractivity contribution in [1.29, 1.82) is 5.26 Å². The molecule has 96 valence electrons. The predicted octanol–water partition coefficient (Wildman–Crippen LogP) is 2.05. The van der Waals surface area contributed by atoms with Crippen LogP contribution >= 0.6 is 0 Å².